The highest BCUT2D eigenvalue weighted by atomic mass is 35.5. The summed E-state index contributed by atoms with van der Waals surface area (Å²) in [6, 6.07) is 8.23. The molecule has 1 saturated carbocycles. The summed E-state index contributed by atoms with van der Waals surface area (Å²) in [5.41, 5.74) is 1.83. The van der Waals surface area contributed by atoms with E-state index in [0.717, 1.165) is 29.4 Å². The third kappa shape index (κ3) is 2.06. The van der Waals surface area contributed by atoms with Gasteiger partial charge in [-0.2, -0.15) is 0 Å². The first-order valence-electron chi connectivity index (χ1n) is 5.81. The standard InChI is InChI=1S/C13H14ClNO2/c14-13-11(7-15-8-5-9(16)6-8)10-3-1-2-4-12(10)17-13/h1-4,8-9,15-16H,5-7H2. The van der Waals surface area contributed by atoms with Gasteiger partial charge in [0.2, 0.25) is 0 Å². The van der Waals surface area contributed by atoms with E-state index in [1.54, 1.807) is 0 Å². The van der Waals surface area contributed by atoms with E-state index in [4.69, 9.17) is 16.0 Å². The summed E-state index contributed by atoms with van der Waals surface area (Å²) in [4.78, 5) is 0. The van der Waals surface area contributed by atoms with Crippen molar-refractivity contribution in [1.29, 1.82) is 0 Å². The summed E-state index contributed by atoms with van der Waals surface area (Å²) in [7, 11) is 0. The van der Waals surface area contributed by atoms with Gasteiger partial charge in [0.1, 0.15) is 5.58 Å². The highest BCUT2D eigenvalue weighted by Crippen LogP contribution is 2.30. The van der Waals surface area contributed by atoms with E-state index < -0.39 is 0 Å². The van der Waals surface area contributed by atoms with Crippen molar-refractivity contribution < 1.29 is 9.52 Å². The lowest BCUT2D eigenvalue weighted by Crippen LogP contribution is -2.43. The van der Waals surface area contributed by atoms with Crippen LogP contribution in [-0.2, 0) is 6.54 Å². The fourth-order valence-corrected chi connectivity index (χ4v) is 2.49. The fourth-order valence-electron chi connectivity index (χ4n) is 2.23. The molecule has 90 valence electrons. The van der Waals surface area contributed by atoms with Gasteiger partial charge < -0.3 is 14.8 Å². The van der Waals surface area contributed by atoms with E-state index in [9.17, 15) is 5.11 Å². The number of hydrogen-bond donors (Lipinski definition) is 2. The Morgan fingerprint density at radius 1 is 1.35 bits per heavy atom. The highest BCUT2D eigenvalue weighted by molar-refractivity contribution is 6.30. The number of aliphatic hydroxyl groups is 1. The fraction of sp³-hybridized carbons (Fsp3) is 0.385. The monoisotopic (exact) mass is 251 g/mol. The Kier molecular flexibility index (Phi) is 2.82. The van der Waals surface area contributed by atoms with Crippen LogP contribution < -0.4 is 5.32 Å². The Morgan fingerprint density at radius 3 is 2.88 bits per heavy atom. The topological polar surface area (TPSA) is 45.4 Å². The summed E-state index contributed by atoms with van der Waals surface area (Å²) in [5.74, 6) is 0. The van der Waals surface area contributed by atoms with E-state index in [1.165, 1.54) is 0 Å². The van der Waals surface area contributed by atoms with Crippen molar-refractivity contribution in [3.63, 3.8) is 0 Å². The maximum Gasteiger partial charge on any atom is 0.199 e. The molecule has 3 nitrogen and oxygen atoms in total. The Labute approximate surface area is 104 Å². The number of nitrogens with one attached hydrogen (secondary N) is 1. The Bertz CT molecular complexity index is 531. The molecule has 2 aromatic rings. The highest BCUT2D eigenvalue weighted by Gasteiger charge is 2.27. The smallest absolute Gasteiger partial charge is 0.199 e. The van der Waals surface area contributed by atoms with Gasteiger partial charge in [-0.05, 0) is 30.5 Å². The van der Waals surface area contributed by atoms with E-state index >= 15 is 0 Å². The maximum atomic E-state index is 9.22. The second-order valence-electron chi connectivity index (χ2n) is 4.55. The van der Waals surface area contributed by atoms with Gasteiger partial charge in [0, 0.05) is 23.5 Å². The average Bonchev–Trinajstić information content (AvgIpc) is 2.59. The molecule has 1 fully saturated rings. The van der Waals surface area contributed by atoms with Gasteiger partial charge in [-0.25, -0.2) is 0 Å². The van der Waals surface area contributed by atoms with Crippen LogP contribution in [0.25, 0.3) is 11.0 Å². The van der Waals surface area contributed by atoms with Gasteiger partial charge >= 0.3 is 0 Å². The number of aliphatic hydroxyl groups excluding tert-OH is 1. The Morgan fingerprint density at radius 2 is 2.12 bits per heavy atom. The first-order valence-corrected chi connectivity index (χ1v) is 6.19. The van der Waals surface area contributed by atoms with Gasteiger partial charge in [0.05, 0.1) is 6.10 Å². The zero-order valence-electron chi connectivity index (χ0n) is 9.32. The largest absolute Gasteiger partial charge is 0.444 e. The molecule has 3 rings (SSSR count). The van der Waals surface area contributed by atoms with Crippen LogP contribution in [0.5, 0.6) is 0 Å². The molecule has 4 heteroatoms. The van der Waals surface area contributed by atoms with Crippen molar-refractivity contribution in [2.45, 2.75) is 31.5 Å². The van der Waals surface area contributed by atoms with Crippen LogP contribution in [0.1, 0.15) is 18.4 Å². The third-order valence-corrected chi connectivity index (χ3v) is 3.63. The second-order valence-corrected chi connectivity index (χ2v) is 4.90. The van der Waals surface area contributed by atoms with Gasteiger partial charge in [-0.3, -0.25) is 0 Å². The molecule has 0 amide bonds. The third-order valence-electron chi connectivity index (χ3n) is 3.33. The van der Waals surface area contributed by atoms with Crippen LogP contribution in [0.4, 0.5) is 0 Å². The van der Waals surface area contributed by atoms with Crippen molar-refractivity contribution in [1.82, 2.24) is 5.32 Å². The van der Waals surface area contributed by atoms with E-state index in [2.05, 4.69) is 5.32 Å². The molecule has 2 N–H and O–H groups in total. The first-order chi connectivity index (χ1) is 8.24. The van der Waals surface area contributed by atoms with Crippen molar-refractivity contribution in [2.24, 2.45) is 0 Å². The number of para-hydroxylation sites is 1. The van der Waals surface area contributed by atoms with Crippen LogP contribution >= 0.6 is 11.6 Å². The molecule has 1 aromatic heterocycles. The van der Waals surface area contributed by atoms with Crippen molar-refractivity contribution in [3.8, 4) is 0 Å². The number of rotatable bonds is 3. The molecule has 0 bridgehead atoms. The number of benzene rings is 1. The van der Waals surface area contributed by atoms with Crippen LogP contribution in [0.2, 0.25) is 5.22 Å². The molecule has 17 heavy (non-hydrogen) atoms. The first kappa shape index (κ1) is 11.1. The average molecular weight is 252 g/mol. The van der Waals surface area contributed by atoms with E-state index in [-0.39, 0.29) is 6.10 Å². The molecular weight excluding hydrogens is 238 g/mol. The van der Waals surface area contributed by atoms with Crippen molar-refractivity contribution in [2.75, 3.05) is 0 Å². The molecule has 1 aliphatic carbocycles. The maximum absolute atomic E-state index is 9.22. The summed E-state index contributed by atoms with van der Waals surface area (Å²) in [5, 5.41) is 14.1. The predicted molar refractivity (Wildman–Crippen MR) is 67.1 cm³/mol. The number of furan rings is 1. The number of halogens is 1. The number of hydrogen-bond acceptors (Lipinski definition) is 3. The minimum atomic E-state index is -0.135. The normalized spacial score (nSPS) is 23.9. The van der Waals surface area contributed by atoms with Crippen LogP contribution in [-0.4, -0.2) is 17.3 Å². The predicted octanol–water partition coefficient (Wildman–Crippen LogP) is 2.70. The van der Waals surface area contributed by atoms with Gasteiger partial charge in [0.25, 0.3) is 0 Å². The minimum absolute atomic E-state index is 0.135. The van der Waals surface area contributed by atoms with Crippen LogP contribution in [0.15, 0.2) is 28.7 Å². The van der Waals surface area contributed by atoms with Crippen LogP contribution in [0, 0.1) is 0 Å². The lowest BCUT2D eigenvalue weighted by atomic mass is 9.89. The van der Waals surface area contributed by atoms with Crippen molar-refractivity contribution in [3.05, 3.63) is 35.0 Å². The molecule has 0 saturated heterocycles. The molecule has 1 aliphatic rings. The zero-order chi connectivity index (χ0) is 11.8. The molecule has 0 unspecified atom stereocenters. The van der Waals surface area contributed by atoms with E-state index in [1.807, 2.05) is 24.3 Å². The summed E-state index contributed by atoms with van der Waals surface area (Å²) in [6.45, 7) is 0.688. The SMILES string of the molecule is OC1CC(NCc2c(Cl)oc3ccccc23)C1. The lowest BCUT2D eigenvalue weighted by molar-refractivity contribution is 0.0619. The summed E-state index contributed by atoms with van der Waals surface area (Å²) in [6.07, 6.45) is 1.52. The molecule has 1 aromatic carbocycles. The number of fused-ring (bicyclic) bond motifs is 1. The van der Waals surface area contributed by atoms with Crippen LogP contribution in [0.3, 0.4) is 0 Å². The molecule has 0 spiro atoms. The molecule has 1 heterocycles. The molecule has 0 radical (unpaired) electrons. The quantitative estimate of drug-likeness (QED) is 0.882. The van der Waals surface area contributed by atoms with Gasteiger partial charge in [-0.1, -0.05) is 18.2 Å². The Hall–Kier alpha value is -1.03. The van der Waals surface area contributed by atoms with Gasteiger partial charge in [-0.15, -0.1) is 0 Å². The molecule has 0 aliphatic heterocycles. The van der Waals surface area contributed by atoms with Gasteiger partial charge in [0.15, 0.2) is 5.22 Å². The second kappa shape index (κ2) is 4.33. The van der Waals surface area contributed by atoms with E-state index in [0.29, 0.717) is 17.8 Å². The van der Waals surface area contributed by atoms with Crippen molar-refractivity contribution >= 4 is 22.6 Å². The zero-order valence-corrected chi connectivity index (χ0v) is 10.1. The molecular formula is C13H14ClNO2. The summed E-state index contributed by atoms with van der Waals surface area (Å²) < 4.78 is 5.48. The Balaban J connectivity index is 1.77. The minimum Gasteiger partial charge on any atom is -0.444 e. The lowest BCUT2D eigenvalue weighted by Gasteiger charge is -2.32. The molecule has 0 atom stereocenters. The summed E-state index contributed by atoms with van der Waals surface area (Å²) >= 11 is 6.08.